The minimum atomic E-state index is -0.520. The highest BCUT2D eigenvalue weighted by molar-refractivity contribution is 6.33. The van der Waals surface area contributed by atoms with Gasteiger partial charge in [0, 0.05) is 16.8 Å². The fourth-order valence-corrected chi connectivity index (χ4v) is 1.74. The van der Waals surface area contributed by atoms with Crippen molar-refractivity contribution < 1.29 is 8.78 Å². The molecule has 2 N–H and O–H groups in total. The van der Waals surface area contributed by atoms with E-state index in [0.717, 1.165) is 18.2 Å². The molecule has 16 heavy (non-hydrogen) atoms. The number of benzene rings is 2. The molecule has 0 spiro atoms. The zero-order valence-corrected chi connectivity index (χ0v) is 8.93. The summed E-state index contributed by atoms with van der Waals surface area (Å²) in [6.07, 6.45) is 0. The van der Waals surface area contributed by atoms with Crippen LogP contribution < -0.4 is 5.73 Å². The lowest BCUT2D eigenvalue weighted by Gasteiger charge is -2.06. The maximum Gasteiger partial charge on any atom is 0.131 e. The highest BCUT2D eigenvalue weighted by atomic mass is 35.5. The van der Waals surface area contributed by atoms with E-state index < -0.39 is 11.6 Å². The average molecular weight is 240 g/mol. The van der Waals surface area contributed by atoms with Gasteiger partial charge < -0.3 is 5.73 Å². The fourth-order valence-electron chi connectivity index (χ4n) is 1.45. The molecule has 82 valence electrons. The molecule has 2 aromatic rings. The first-order valence-electron chi connectivity index (χ1n) is 4.58. The molecule has 0 amide bonds. The van der Waals surface area contributed by atoms with Gasteiger partial charge in [-0.1, -0.05) is 17.7 Å². The van der Waals surface area contributed by atoms with Crippen LogP contribution in [0.3, 0.4) is 0 Å². The second-order valence-electron chi connectivity index (χ2n) is 3.36. The highest BCUT2D eigenvalue weighted by Gasteiger charge is 2.10. The second kappa shape index (κ2) is 4.10. The van der Waals surface area contributed by atoms with Crippen molar-refractivity contribution in [1.29, 1.82) is 0 Å². The first-order chi connectivity index (χ1) is 7.58. The number of nitrogen functional groups attached to an aromatic ring is 1. The zero-order valence-electron chi connectivity index (χ0n) is 8.18. The lowest BCUT2D eigenvalue weighted by molar-refractivity contribution is 0.603. The summed E-state index contributed by atoms with van der Waals surface area (Å²) >= 11 is 5.92. The van der Waals surface area contributed by atoms with E-state index in [4.69, 9.17) is 17.3 Å². The van der Waals surface area contributed by atoms with Gasteiger partial charge >= 0.3 is 0 Å². The molecule has 0 fully saturated rings. The lowest BCUT2D eigenvalue weighted by Crippen LogP contribution is -1.89. The molecule has 4 heteroatoms. The number of anilines is 1. The van der Waals surface area contributed by atoms with Crippen LogP contribution in [0.25, 0.3) is 11.1 Å². The number of halogens is 3. The Kier molecular flexibility index (Phi) is 2.79. The summed E-state index contributed by atoms with van der Waals surface area (Å²) in [6, 6.07) is 7.89. The third-order valence-corrected chi connectivity index (χ3v) is 2.52. The molecule has 0 atom stereocenters. The Bertz CT molecular complexity index is 541. The summed E-state index contributed by atoms with van der Waals surface area (Å²) in [5.74, 6) is -1.03. The SMILES string of the molecule is Nc1ccc(-c2cc(F)ccc2F)c(Cl)c1. The van der Waals surface area contributed by atoms with E-state index in [0.29, 0.717) is 16.3 Å². The van der Waals surface area contributed by atoms with Crippen molar-refractivity contribution >= 4 is 17.3 Å². The van der Waals surface area contributed by atoms with Crippen LogP contribution in [0.2, 0.25) is 5.02 Å². The first-order valence-corrected chi connectivity index (χ1v) is 4.96. The predicted octanol–water partition coefficient (Wildman–Crippen LogP) is 3.87. The molecule has 1 nitrogen and oxygen atoms in total. The third-order valence-electron chi connectivity index (χ3n) is 2.21. The topological polar surface area (TPSA) is 26.0 Å². The van der Waals surface area contributed by atoms with E-state index in [1.807, 2.05) is 0 Å². The van der Waals surface area contributed by atoms with Gasteiger partial charge in [0.25, 0.3) is 0 Å². The summed E-state index contributed by atoms with van der Waals surface area (Å²) in [4.78, 5) is 0. The van der Waals surface area contributed by atoms with Gasteiger partial charge in [-0.2, -0.15) is 0 Å². The first kappa shape index (κ1) is 10.9. The number of hydrogen-bond acceptors (Lipinski definition) is 1. The maximum absolute atomic E-state index is 13.5. The van der Waals surface area contributed by atoms with Gasteiger partial charge in [0.1, 0.15) is 11.6 Å². The Balaban J connectivity index is 2.62. The van der Waals surface area contributed by atoms with Crippen molar-refractivity contribution in [3.05, 3.63) is 53.1 Å². The molecule has 0 aromatic heterocycles. The van der Waals surface area contributed by atoms with E-state index in [-0.39, 0.29) is 5.56 Å². The average Bonchev–Trinajstić information content (AvgIpc) is 2.22. The summed E-state index contributed by atoms with van der Waals surface area (Å²) in [5, 5.41) is 0.296. The van der Waals surface area contributed by atoms with Crippen molar-refractivity contribution in [2.75, 3.05) is 5.73 Å². The number of hydrogen-bond donors (Lipinski definition) is 1. The van der Waals surface area contributed by atoms with Crippen LogP contribution in [-0.4, -0.2) is 0 Å². The molecular formula is C12H8ClF2N. The molecule has 0 saturated heterocycles. The standard InChI is InChI=1S/C12H8ClF2N/c13-11-6-8(16)2-3-9(11)10-5-7(14)1-4-12(10)15/h1-6H,16H2. The second-order valence-corrected chi connectivity index (χ2v) is 3.77. The van der Waals surface area contributed by atoms with E-state index in [1.165, 1.54) is 6.07 Å². The van der Waals surface area contributed by atoms with Gasteiger partial charge in [0.15, 0.2) is 0 Å². The van der Waals surface area contributed by atoms with Crippen molar-refractivity contribution in [3.63, 3.8) is 0 Å². The molecule has 0 bridgehead atoms. The Hall–Kier alpha value is -1.61. The van der Waals surface area contributed by atoms with Gasteiger partial charge in [-0.25, -0.2) is 8.78 Å². The van der Waals surface area contributed by atoms with Crippen LogP contribution in [0.1, 0.15) is 0 Å². The molecular weight excluding hydrogens is 232 g/mol. The van der Waals surface area contributed by atoms with Crippen LogP contribution in [0.5, 0.6) is 0 Å². The molecule has 0 radical (unpaired) electrons. The molecule has 0 saturated carbocycles. The smallest absolute Gasteiger partial charge is 0.131 e. The van der Waals surface area contributed by atoms with Crippen LogP contribution in [0.4, 0.5) is 14.5 Å². The summed E-state index contributed by atoms with van der Waals surface area (Å²) in [5.41, 5.74) is 6.55. The molecule has 0 aliphatic carbocycles. The monoisotopic (exact) mass is 239 g/mol. The Morgan fingerprint density at radius 1 is 0.938 bits per heavy atom. The van der Waals surface area contributed by atoms with E-state index in [2.05, 4.69) is 0 Å². The Morgan fingerprint density at radius 3 is 2.38 bits per heavy atom. The van der Waals surface area contributed by atoms with E-state index in [9.17, 15) is 8.78 Å². The summed E-state index contributed by atoms with van der Waals surface area (Å²) in [6.45, 7) is 0. The summed E-state index contributed by atoms with van der Waals surface area (Å²) in [7, 11) is 0. The predicted molar refractivity (Wildman–Crippen MR) is 61.2 cm³/mol. The zero-order chi connectivity index (χ0) is 11.7. The van der Waals surface area contributed by atoms with Gasteiger partial charge in [-0.15, -0.1) is 0 Å². The van der Waals surface area contributed by atoms with Crippen molar-refractivity contribution in [3.8, 4) is 11.1 Å². The molecule has 0 aliphatic heterocycles. The normalized spacial score (nSPS) is 10.4. The van der Waals surface area contributed by atoms with Gasteiger partial charge in [0.05, 0.1) is 5.02 Å². The fraction of sp³-hybridized carbons (Fsp3) is 0. The molecule has 2 aromatic carbocycles. The third kappa shape index (κ3) is 1.99. The minimum absolute atomic E-state index is 0.130. The number of nitrogens with two attached hydrogens (primary N) is 1. The van der Waals surface area contributed by atoms with E-state index >= 15 is 0 Å². The molecule has 2 rings (SSSR count). The maximum atomic E-state index is 13.5. The van der Waals surface area contributed by atoms with Crippen LogP contribution in [-0.2, 0) is 0 Å². The minimum Gasteiger partial charge on any atom is -0.399 e. The van der Waals surface area contributed by atoms with Gasteiger partial charge in [-0.05, 0) is 30.3 Å². The van der Waals surface area contributed by atoms with Crippen molar-refractivity contribution in [1.82, 2.24) is 0 Å². The molecule has 0 unspecified atom stereocenters. The van der Waals surface area contributed by atoms with Crippen molar-refractivity contribution in [2.45, 2.75) is 0 Å². The largest absolute Gasteiger partial charge is 0.399 e. The summed E-state index contributed by atoms with van der Waals surface area (Å²) < 4.78 is 26.5. The Morgan fingerprint density at radius 2 is 1.69 bits per heavy atom. The van der Waals surface area contributed by atoms with Crippen LogP contribution >= 0.6 is 11.6 Å². The lowest BCUT2D eigenvalue weighted by atomic mass is 10.0. The van der Waals surface area contributed by atoms with Crippen LogP contribution in [0, 0.1) is 11.6 Å². The van der Waals surface area contributed by atoms with Crippen LogP contribution in [0.15, 0.2) is 36.4 Å². The van der Waals surface area contributed by atoms with Gasteiger partial charge in [-0.3, -0.25) is 0 Å². The number of rotatable bonds is 1. The molecule has 0 aliphatic rings. The van der Waals surface area contributed by atoms with Gasteiger partial charge in [0.2, 0.25) is 0 Å². The molecule has 0 heterocycles. The highest BCUT2D eigenvalue weighted by Crippen LogP contribution is 2.31. The Labute approximate surface area is 96.5 Å². The van der Waals surface area contributed by atoms with E-state index in [1.54, 1.807) is 12.1 Å². The quantitative estimate of drug-likeness (QED) is 0.751. The van der Waals surface area contributed by atoms with Crippen molar-refractivity contribution in [2.24, 2.45) is 0 Å².